The van der Waals surface area contributed by atoms with Crippen molar-refractivity contribution in [3.63, 3.8) is 0 Å². The Hall–Kier alpha value is -2.52. The maximum atomic E-state index is 14.6. The first kappa shape index (κ1) is 16.6. The monoisotopic (exact) mass is 366 g/mol. The summed E-state index contributed by atoms with van der Waals surface area (Å²) in [5, 5.41) is 9.21. The van der Waals surface area contributed by atoms with Crippen LogP contribution in [0.1, 0.15) is 30.0 Å². The van der Waals surface area contributed by atoms with Crippen molar-refractivity contribution >= 4 is 5.82 Å². The summed E-state index contributed by atoms with van der Waals surface area (Å²) in [5.74, 6) is -0.347. The third kappa shape index (κ3) is 2.53. The molecule has 4 aliphatic heterocycles. The summed E-state index contributed by atoms with van der Waals surface area (Å²) in [6.07, 6.45) is 2.24. The zero-order valence-corrected chi connectivity index (χ0v) is 14.9. The van der Waals surface area contributed by atoms with Crippen LogP contribution in [0.4, 0.5) is 14.6 Å². The zero-order valence-electron chi connectivity index (χ0n) is 14.9. The van der Waals surface area contributed by atoms with Crippen molar-refractivity contribution in [2.24, 2.45) is 5.92 Å². The molecule has 2 bridgehead atoms. The normalized spacial score (nSPS) is 31.6. The molecule has 1 aromatic carbocycles. The average Bonchev–Trinajstić information content (AvgIpc) is 3.14. The smallest absolute Gasteiger partial charge is 0.162 e. The fraction of sp³-hybridized carbons (Fsp3) is 0.429. The molecule has 4 aliphatic rings. The second-order valence-corrected chi connectivity index (χ2v) is 7.75. The molecule has 3 atom stereocenters. The Morgan fingerprint density at radius 1 is 1.04 bits per heavy atom. The molecule has 4 fully saturated rings. The summed E-state index contributed by atoms with van der Waals surface area (Å²) in [6, 6.07) is 12.4. The Balaban J connectivity index is 1.60. The molecule has 0 amide bonds. The summed E-state index contributed by atoms with van der Waals surface area (Å²) >= 11 is 0. The molecule has 0 spiro atoms. The van der Waals surface area contributed by atoms with Gasteiger partial charge in [-0.1, -0.05) is 18.2 Å². The fourth-order valence-electron chi connectivity index (χ4n) is 5.41. The number of rotatable bonds is 2. The average molecular weight is 366 g/mol. The fourth-order valence-corrected chi connectivity index (χ4v) is 5.41. The van der Waals surface area contributed by atoms with E-state index in [0.717, 1.165) is 31.7 Å². The van der Waals surface area contributed by atoms with E-state index in [0.29, 0.717) is 23.7 Å². The predicted molar refractivity (Wildman–Crippen MR) is 97.3 cm³/mol. The Bertz CT molecular complexity index is 917. The van der Waals surface area contributed by atoms with Gasteiger partial charge in [-0.2, -0.15) is 5.26 Å². The molecule has 0 saturated carbocycles. The van der Waals surface area contributed by atoms with Gasteiger partial charge in [-0.05, 0) is 55.6 Å². The number of piperidine rings is 3. The van der Waals surface area contributed by atoms with Gasteiger partial charge in [0.05, 0.1) is 0 Å². The molecule has 0 N–H and O–H groups in total. The lowest BCUT2D eigenvalue weighted by Crippen LogP contribution is -2.60. The minimum atomic E-state index is -0.789. The van der Waals surface area contributed by atoms with Crippen molar-refractivity contribution in [3.8, 4) is 6.07 Å². The van der Waals surface area contributed by atoms with E-state index < -0.39 is 11.6 Å². The van der Waals surface area contributed by atoms with Crippen molar-refractivity contribution in [2.45, 2.75) is 30.8 Å². The van der Waals surface area contributed by atoms with Gasteiger partial charge in [0.1, 0.15) is 17.6 Å². The number of halogens is 2. The third-order valence-corrected chi connectivity index (χ3v) is 6.52. The first-order valence-corrected chi connectivity index (χ1v) is 9.49. The molecule has 0 unspecified atom stereocenters. The molecule has 0 aliphatic carbocycles. The van der Waals surface area contributed by atoms with Crippen molar-refractivity contribution < 1.29 is 8.78 Å². The molecule has 6 heteroatoms. The highest BCUT2D eigenvalue weighted by Crippen LogP contribution is 2.48. The van der Waals surface area contributed by atoms with Gasteiger partial charge in [0.2, 0.25) is 0 Å². The van der Waals surface area contributed by atoms with Crippen LogP contribution in [0.2, 0.25) is 0 Å². The topological polar surface area (TPSA) is 43.2 Å². The van der Waals surface area contributed by atoms with Crippen molar-refractivity contribution in [3.05, 3.63) is 59.3 Å². The van der Waals surface area contributed by atoms with E-state index in [2.05, 4.69) is 20.9 Å². The largest absolute Gasteiger partial charge is 0.351 e. The number of nitrogens with zero attached hydrogens (tertiary/aromatic N) is 4. The number of anilines is 1. The van der Waals surface area contributed by atoms with Crippen LogP contribution in [0.5, 0.6) is 0 Å². The molecule has 0 radical (unpaired) electrons. The maximum absolute atomic E-state index is 14.6. The number of pyridine rings is 1. The summed E-state index contributed by atoms with van der Waals surface area (Å²) < 4.78 is 28.5. The van der Waals surface area contributed by atoms with E-state index in [1.165, 1.54) is 6.07 Å². The van der Waals surface area contributed by atoms with E-state index in [1.807, 2.05) is 12.1 Å². The number of benzene rings is 1. The van der Waals surface area contributed by atoms with Gasteiger partial charge in [-0.25, -0.2) is 13.8 Å². The second kappa shape index (κ2) is 6.28. The quantitative estimate of drug-likeness (QED) is 0.818. The number of hydrogen-bond acceptors (Lipinski definition) is 4. The lowest BCUT2D eigenvalue weighted by atomic mass is 9.75. The molecule has 6 rings (SSSR count). The summed E-state index contributed by atoms with van der Waals surface area (Å²) in [5.41, 5.74) is 0.835. The van der Waals surface area contributed by atoms with Crippen LogP contribution in [0.25, 0.3) is 0 Å². The predicted octanol–water partition coefficient (Wildman–Crippen LogP) is 3.30. The molecule has 4 saturated heterocycles. The zero-order chi connectivity index (χ0) is 18.5. The Morgan fingerprint density at radius 3 is 2.59 bits per heavy atom. The number of hydrogen-bond donors (Lipinski definition) is 0. The first-order chi connectivity index (χ1) is 13.2. The summed E-state index contributed by atoms with van der Waals surface area (Å²) in [4.78, 5) is 9.17. The number of nitriles is 1. The van der Waals surface area contributed by atoms with Crippen LogP contribution in [0.15, 0.2) is 36.4 Å². The molecule has 1 aromatic heterocycles. The standard InChI is InChI=1S/C21H20F2N4/c22-17-5-2-4-15(19(17)23)16-12-27(18-6-1-3-14(11-24)25-18)20-13-7-9-26(10-8-13)21(16)20/h1-6,13,16,20-21H,7-10,12H2/t16-,20+,21+/m0/s1. The molecular formula is C21H20F2N4. The lowest BCUT2D eigenvalue weighted by molar-refractivity contribution is 0.0350. The SMILES string of the molecule is N#Cc1cccc(N2C[C@@H](c3cccc(F)c3F)[C@@H]3[C@H]2C2CCN3CC2)n1. The van der Waals surface area contributed by atoms with Crippen molar-refractivity contribution in [2.75, 3.05) is 24.5 Å². The molecule has 2 aromatic rings. The molecule has 4 nitrogen and oxygen atoms in total. The third-order valence-electron chi connectivity index (χ3n) is 6.52. The van der Waals surface area contributed by atoms with Crippen LogP contribution < -0.4 is 4.90 Å². The maximum Gasteiger partial charge on any atom is 0.162 e. The lowest BCUT2D eigenvalue weighted by Gasteiger charge is -2.51. The molecule has 5 heterocycles. The minimum Gasteiger partial charge on any atom is -0.351 e. The molecular weight excluding hydrogens is 346 g/mol. The second-order valence-electron chi connectivity index (χ2n) is 7.75. The van der Waals surface area contributed by atoms with Gasteiger partial charge in [0.25, 0.3) is 0 Å². The van der Waals surface area contributed by atoms with Gasteiger partial charge in [0, 0.05) is 24.5 Å². The Labute approximate surface area is 157 Å². The van der Waals surface area contributed by atoms with Crippen LogP contribution in [-0.4, -0.2) is 41.6 Å². The highest BCUT2D eigenvalue weighted by molar-refractivity contribution is 5.48. The number of aromatic nitrogens is 1. The molecule has 138 valence electrons. The van der Waals surface area contributed by atoms with E-state index in [4.69, 9.17) is 0 Å². The van der Waals surface area contributed by atoms with Crippen LogP contribution in [0.3, 0.4) is 0 Å². The van der Waals surface area contributed by atoms with Gasteiger partial charge in [0.15, 0.2) is 11.6 Å². The van der Waals surface area contributed by atoms with Crippen molar-refractivity contribution in [1.82, 2.24) is 9.88 Å². The Kier molecular flexibility index (Phi) is 3.87. The van der Waals surface area contributed by atoms with E-state index in [1.54, 1.807) is 18.2 Å². The highest BCUT2D eigenvalue weighted by atomic mass is 19.2. The van der Waals surface area contributed by atoms with E-state index in [-0.39, 0.29) is 18.0 Å². The van der Waals surface area contributed by atoms with E-state index >= 15 is 0 Å². The van der Waals surface area contributed by atoms with Gasteiger partial charge in [-0.15, -0.1) is 0 Å². The van der Waals surface area contributed by atoms with Crippen LogP contribution >= 0.6 is 0 Å². The number of fused-ring (bicyclic) bond motifs is 2. The van der Waals surface area contributed by atoms with Crippen molar-refractivity contribution in [1.29, 1.82) is 5.26 Å². The van der Waals surface area contributed by atoms with Gasteiger partial charge >= 0.3 is 0 Å². The molecule has 27 heavy (non-hydrogen) atoms. The highest BCUT2D eigenvalue weighted by Gasteiger charge is 2.54. The van der Waals surface area contributed by atoms with Gasteiger partial charge in [-0.3, -0.25) is 4.90 Å². The minimum absolute atomic E-state index is 0.110. The van der Waals surface area contributed by atoms with Crippen LogP contribution in [-0.2, 0) is 0 Å². The van der Waals surface area contributed by atoms with Crippen LogP contribution in [0, 0.1) is 28.9 Å². The van der Waals surface area contributed by atoms with Gasteiger partial charge < -0.3 is 4.90 Å². The summed E-state index contributed by atoms with van der Waals surface area (Å²) in [6.45, 7) is 2.61. The van der Waals surface area contributed by atoms with E-state index in [9.17, 15) is 14.0 Å². The first-order valence-electron chi connectivity index (χ1n) is 9.49. The summed E-state index contributed by atoms with van der Waals surface area (Å²) in [7, 11) is 0. The Morgan fingerprint density at radius 2 is 1.81 bits per heavy atom.